The highest BCUT2D eigenvalue weighted by Crippen LogP contribution is 2.49. The zero-order chi connectivity index (χ0) is 35.8. The topological polar surface area (TPSA) is 122 Å². The molecule has 0 radical (unpaired) electrons. The van der Waals surface area contributed by atoms with Gasteiger partial charge in [0, 0.05) is 56.7 Å². The van der Waals surface area contributed by atoms with E-state index < -0.39 is 18.3 Å². The number of carbonyl (C=O) groups excluding carboxylic acids is 2. The monoisotopic (exact) mass is 710 g/mol. The minimum atomic E-state index is -3.34. The third-order valence-electron chi connectivity index (χ3n) is 11.9. The number of benzene rings is 1. The number of aromatic nitrogens is 1. The standard InChI is InChI=1S/C39H52F2N4O6/c1-38(40,41)50-28-14-15-34-29(21-28)31(22-39(51-34)16-8-17-39)42-23-33(46)30(19-25-9-3-2-4-10-25)43-36(48)26-20-32(44-18-7-13-35(44)47)37(49)45(24-26)27-11-5-6-12-27/h14-15,20-21,24-25,27,30-31,33,42,46H,2-13,16-19,22-23H2,1H3,(H,43,48)/t30-,31-,33+/m0/s1. The van der Waals surface area contributed by atoms with Gasteiger partial charge in [-0.15, -0.1) is 0 Å². The summed E-state index contributed by atoms with van der Waals surface area (Å²) >= 11 is 0. The van der Waals surface area contributed by atoms with Gasteiger partial charge in [-0.05, 0) is 75.1 Å². The molecule has 5 aliphatic rings. The van der Waals surface area contributed by atoms with Crippen molar-refractivity contribution in [3.8, 4) is 11.5 Å². The second-order valence-corrected chi connectivity index (χ2v) is 15.7. The summed E-state index contributed by atoms with van der Waals surface area (Å²) in [6.07, 6.45) is 11.6. The maximum atomic E-state index is 14.1. The maximum absolute atomic E-state index is 14.1. The van der Waals surface area contributed by atoms with Crippen LogP contribution < -0.4 is 30.6 Å². The Kier molecular flexibility index (Phi) is 10.4. The number of pyridine rings is 1. The van der Waals surface area contributed by atoms with Gasteiger partial charge in [-0.3, -0.25) is 14.4 Å². The number of aliphatic hydroxyl groups excluding tert-OH is 1. The average molecular weight is 711 g/mol. The first-order chi connectivity index (χ1) is 24.5. The maximum Gasteiger partial charge on any atom is 0.394 e. The van der Waals surface area contributed by atoms with Gasteiger partial charge >= 0.3 is 6.11 Å². The molecule has 278 valence electrons. The van der Waals surface area contributed by atoms with E-state index in [1.54, 1.807) is 29.0 Å². The molecular formula is C39H52F2N4O6. The molecule has 0 unspecified atom stereocenters. The van der Waals surface area contributed by atoms with Crippen LogP contribution >= 0.6 is 0 Å². The quantitative estimate of drug-likeness (QED) is 0.229. The summed E-state index contributed by atoms with van der Waals surface area (Å²) in [5.74, 6) is 0.511. The van der Waals surface area contributed by atoms with E-state index in [-0.39, 0.29) is 53.0 Å². The number of hydrogen-bond donors (Lipinski definition) is 3. The molecule has 2 aromatic rings. The first kappa shape index (κ1) is 35.9. The van der Waals surface area contributed by atoms with Gasteiger partial charge in [0.05, 0.1) is 17.7 Å². The van der Waals surface area contributed by atoms with Gasteiger partial charge in [0.25, 0.3) is 11.5 Å². The number of nitrogens with one attached hydrogen (secondary N) is 2. The molecule has 3 aliphatic carbocycles. The highest BCUT2D eigenvalue weighted by molar-refractivity contribution is 5.98. The van der Waals surface area contributed by atoms with Crippen molar-refractivity contribution >= 4 is 17.5 Å². The van der Waals surface area contributed by atoms with E-state index in [0.717, 1.165) is 70.6 Å². The molecule has 12 heteroatoms. The zero-order valence-electron chi connectivity index (χ0n) is 29.6. The van der Waals surface area contributed by atoms with Crippen LogP contribution in [0.15, 0.2) is 35.3 Å². The highest BCUT2D eigenvalue weighted by atomic mass is 19.3. The van der Waals surface area contributed by atoms with E-state index in [4.69, 9.17) is 9.47 Å². The van der Waals surface area contributed by atoms with E-state index in [2.05, 4.69) is 10.6 Å². The molecule has 1 aromatic heterocycles. The molecule has 51 heavy (non-hydrogen) atoms. The van der Waals surface area contributed by atoms with Crippen LogP contribution in [0.2, 0.25) is 0 Å². The Morgan fingerprint density at radius 1 is 1.06 bits per heavy atom. The zero-order valence-corrected chi connectivity index (χ0v) is 29.6. The predicted molar refractivity (Wildman–Crippen MR) is 189 cm³/mol. The van der Waals surface area contributed by atoms with Crippen molar-refractivity contribution in [2.75, 3.05) is 18.0 Å². The van der Waals surface area contributed by atoms with Gasteiger partial charge in [-0.2, -0.15) is 8.78 Å². The molecule has 3 atom stereocenters. The fourth-order valence-corrected chi connectivity index (χ4v) is 8.99. The van der Waals surface area contributed by atoms with E-state index in [1.165, 1.54) is 17.4 Å². The van der Waals surface area contributed by atoms with Crippen molar-refractivity contribution in [1.29, 1.82) is 0 Å². The molecule has 3 heterocycles. The van der Waals surface area contributed by atoms with Crippen molar-refractivity contribution in [3.05, 3.63) is 51.9 Å². The Bertz CT molecular complexity index is 1640. The minimum absolute atomic E-state index is 0.0229. The van der Waals surface area contributed by atoms with Crippen LogP contribution in [0.25, 0.3) is 0 Å². The van der Waals surface area contributed by atoms with Crippen molar-refractivity contribution in [3.63, 3.8) is 0 Å². The summed E-state index contributed by atoms with van der Waals surface area (Å²) in [5.41, 5.74) is 0.673. The number of carbonyl (C=O) groups is 2. The lowest BCUT2D eigenvalue weighted by molar-refractivity contribution is -0.159. The van der Waals surface area contributed by atoms with Crippen molar-refractivity contribution < 1.29 is 33.0 Å². The Morgan fingerprint density at radius 2 is 1.80 bits per heavy atom. The Hall–Kier alpha value is -3.51. The number of alkyl halides is 2. The summed E-state index contributed by atoms with van der Waals surface area (Å²) < 4.78 is 40.4. The first-order valence-corrected chi connectivity index (χ1v) is 19.2. The van der Waals surface area contributed by atoms with Gasteiger partial charge < -0.3 is 34.7 Å². The summed E-state index contributed by atoms with van der Waals surface area (Å²) in [4.78, 5) is 42.1. The second kappa shape index (κ2) is 14.8. The molecule has 7 rings (SSSR count). The van der Waals surface area contributed by atoms with Gasteiger partial charge in [0.1, 0.15) is 22.8 Å². The molecule has 4 fully saturated rings. The second-order valence-electron chi connectivity index (χ2n) is 15.7. The van der Waals surface area contributed by atoms with Crippen LogP contribution in [-0.2, 0) is 4.79 Å². The molecule has 3 N–H and O–H groups in total. The number of aliphatic hydroxyl groups is 1. The molecule has 1 spiro atoms. The number of rotatable bonds is 12. The summed E-state index contributed by atoms with van der Waals surface area (Å²) in [6, 6.07) is 5.43. The predicted octanol–water partition coefficient (Wildman–Crippen LogP) is 6.55. The molecule has 2 amide bonds. The number of fused-ring (bicyclic) bond motifs is 1. The number of halogens is 2. The van der Waals surface area contributed by atoms with Crippen LogP contribution in [-0.4, -0.2) is 58.4 Å². The Balaban J connectivity index is 1.12. The molecule has 10 nitrogen and oxygen atoms in total. The van der Waals surface area contributed by atoms with E-state index in [1.807, 2.05) is 0 Å². The first-order valence-electron chi connectivity index (χ1n) is 19.2. The average Bonchev–Trinajstić information content (AvgIpc) is 3.78. The summed E-state index contributed by atoms with van der Waals surface area (Å²) in [7, 11) is 0. The van der Waals surface area contributed by atoms with Crippen LogP contribution in [0.1, 0.15) is 138 Å². The van der Waals surface area contributed by atoms with Crippen LogP contribution in [0, 0.1) is 5.92 Å². The molecule has 2 aliphatic heterocycles. The van der Waals surface area contributed by atoms with Gasteiger partial charge in [0.2, 0.25) is 5.91 Å². The SMILES string of the molecule is CC(F)(F)Oc1ccc2c(c1)[C@@H](NC[C@@H](O)[C@H](CC1CCCCC1)NC(=O)c1cc(N3CCCC3=O)c(=O)n(C3CCCC3)c1)CC1(CCC1)O2. The van der Waals surface area contributed by atoms with Gasteiger partial charge in [-0.25, -0.2) is 0 Å². The van der Waals surface area contributed by atoms with E-state index in [9.17, 15) is 28.3 Å². The number of anilines is 1. The van der Waals surface area contributed by atoms with Crippen molar-refractivity contribution in [1.82, 2.24) is 15.2 Å². The third-order valence-corrected chi connectivity index (χ3v) is 11.9. The van der Waals surface area contributed by atoms with Crippen molar-refractivity contribution in [2.45, 2.75) is 146 Å². The van der Waals surface area contributed by atoms with Crippen LogP contribution in [0.3, 0.4) is 0 Å². The molecular weight excluding hydrogens is 658 g/mol. The van der Waals surface area contributed by atoms with E-state index in [0.29, 0.717) is 61.9 Å². The largest absolute Gasteiger partial charge is 0.487 e. The number of ether oxygens (including phenoxy) is 2. The Morgan fingerprint density at radius 3 is 2.47 bits per heavy atom. The van der Waals surface area contributed by atoms with Crippen LogP contribution in [0.5, 0.6) is 11.5 Å². The molecule has 3 saturated carbocycles. The fourth-order valence-electron chi connectivity index (χ4n) is 8.99. The summed E-state index contributed by atoms with van der Waals surface area (Å²) in [6.45, 7) is 1.31. The molecule has 0 bridgehead atoms. The Labute approximate surface area is 298 Å². The molecule has 1 aromatic carbocycles. The van der Waals surface area contributed by atoms with Crippen molar-refractivity contribution in [2.24, 2.45) is 5.92 Å². The number of amides is 2. The van der Waals surface area contributed by atoms with Gasteiger partial charge in [-0.1, -0.05) is 44.9 Å². The minimum Gasteiger partial charge on any atom is -0.487 e. The third kappa shape index (κ3) is 8.11. The van der Waals surface area contributed by atoms with E-state index >= 15 is 0 Å². The highest BCUT2D eigenvalue weighted by Gasteiger charge is 2.46. The number of nitrogens with zero attached hydrogens (tertiary/aromatic N) is 2. The summed E-state index contributed by atoms with van der Waals surface area (Å²) in [5, 5.41) is 18.5. The van der Waals surface area contributed by atoms with Gasteiger partial charge in [0.15, 0.2) is 0 Å². The molecule has 1 saturated heterocycles. The smallest absolute Gasteiger partial charge is 0.394 e. The fraction of sp³-hybridized carbons (Fsp3) is 0.667. The van der Waals surface area contributed by atoms with Crippen LogP contribution in [0.4, 0.5) is 14.5 Å². The lowest BCUT2D eigenvalue weighted by atomic mass is 9.73. The normalized spacial score (nSPS) is 23.4. The lowest BCUT2D eigenvalue weighted by Crippen LogP contribution is -2.52. The number of hydrogen-bond acceptors (Lipinski definition) is 7. The lowest BCUT2D eigenvalue weighted by Gasteiger charge is -2.48.